The number of carbonyl (C=O) groups excluding carboxylic acids is 3. The molecule has 4 bridgehead atoms. The van der Waals surface area contributed by atoms with Crippen LogP contribution in [0.5, 0.6) is 5.75 Å². The van der Waals surface area contributed by atoms with Crippen molar-refractivity contribution in [1.29, 1.82) is 0 Å². The molecule has 6 nitrogen and oxygen atoms in total. The number of rotatable bonds is 6. The van der Waals surface area contributed by atoms with Crippen molar-refractivity contribution in [3.8, 4) is 5.75 Å². The predicted octanol–water partition coefficient (Wildman–Crippen LogP) is 9.38. The van der Waals surface area contributed by atoms with E-state index in [1.54, 1.807) is 19.9 Å². The Balaban J connectivity index is 0.000000907. The monoisotopic (exact) mass is 653 g/mol. The van der Waals surface area contributed by atoms with Gasteiger partial charge in [-0.1, -0.05) is 63.5 Å². The number of imide groups is 1. The molecule has 3 atom stereocenters. The van der Waals surface area contributed by atoms with Gasteiger partial charge in [0.2, 0.25) is 11.8 Å². The lowest BCUT2D eigenvalue weighted by atomic mass is 9.46. The van der Waals surface area contributed by atoms with Crippen molar-refractivity contribution in [3.05, 3.63) is 28.2 Å². The second kappa shape index (κ2) is 15.2. The largest absolute Gasteiger partial charge is 0.507 e. The first-order valence-corrected chi connectivity index (χ1v) is 15.1. The summed E-state index contributed by atoms with van der Waals surface area (Å²) in [6.07, 6.45) is 8.59. The Hall–Kier alpha value is -1.89. The fourth-order valence-electron chi connectivity index (χ4n) is 7.65. The normalized spacial score (nSPS) is 29.6. The lowest BCUT2D eigenvalue weighted by Gasteiger charge is -2.61. The molecule has 42 heavy (non-hydrogen) atoms. The van der Waals surface area contributed by atoms with Gasteiger partial charge >= 0.3 is 5.97 Å². The van der Waals surface area contributed by atoms with Crippen molar-refractivity contribution >= 4 is 33.7 Å². The Labute approximate surface area is 265 Å². The molecule has 242 valence electrons. The zero-order valence-electron chi connectivity index (χ0n) is 23.8. The Morgan fingerprint density at radius 3 is 1.86 bits per heavy atom. The number of halogens is 1. The van der Waals surface area contributed by atoms with Gasteiger partial charge in [-0.25, -0.2) is 0 Å². The smallest absolute Gasteiger partial charge is 0.326 e. The van der Waals surface area contributed by atoms with Crippen LogP contribution in [0.15, 0.2) is 22.7 Å². The summed E-state index contributed by atoms with van der Waals surface area (Å²) in [7, 11) is 0. The van der Waals surface area contributed by atoms with Gasteiger partial charge in [0, 0.05) is 17.3 Å². The zero-order chi connectivity index (χ0) is 28.0. The first-order valence-electron chi connectivity index (χ1n) is 14.3. The van der Waals surface area contributed by atoms with Crippen LogP contribution in [0, 0.1) is 35.0 Å². The van der Waals surface area contributed by atoms with Crippen LogP contribution in [0.4, 0.5) is 0 Å². The third-order valence-electron chi connectivity index (χ3n) is 10.2. The van der Waals surface area contributed by atoms with E-state index in [1.807, 2.05) is 26.0 Å². The van der Waals surface area contributed by atoms with Crippen LogP contribution in [-0.4, -0.2) is 39.9 Å². The quantitative estimate of drug-likeness (QED) is 0.244. The number of hydrogen-bond donors (Lipinski definition) is 1. The Bertz CT molecular complexity index is 1030. The standard InChI is InChI=1S/C21H31NO4.C10H13BrO.4CH4/c1-12-13(2)19(25)22(18(12)24)11-17(23)26-20(3,4)21-8-14-5-15(9-21)7-16(6-14)10-21;1-3-7(2)8-4-5-10(12)9(11)6-8;;;;/h12-16H,5-11H2,1-4H3;4-7,12H,3H2,1-2H3;4*1H4. The number of phenolic OH excluding ortho intramolecular Hbond substituents is 1. The second-order valence-corrected chi connectivity index (χ2v) is 13.9. The van der Waals surface area contributed by atoms with Crippen molar-refractivity contribution in [1.82, 2.24) is 4.90 Å². The van der Waals surface area contributed by atoms with E-state index in [-0.39, 0.29) is 65.3 Å². The highest BCUT2D eigenvalue weighted by molar-refractivity contribution is 9.10. The van der Waals surface area contributed by atoms with E-state index in [0.717, 1.165) is 52.8 Å². The molecule has 1 heterocycles. The number of aromatic hydroxyl groups is 1. The van der Waals surface area contributed by atoms with Gasteiger partial charge in [-0.3, -0.25) is 19.3 Å². The number of phenols is 1. The molecule has 4 aliphatic carbocycles. The van der Waals surface area contributed by atoms with Gasteiger partial charge < -0.3 is 9.84 Å². The number of ether oxygens (including phenoxy) is 1. The summed E-state index contributed by atoms with van der Waals surface area (Å²) in [5.74, 6) is 1.53. The molecule has 1 aromatic carbocycles. The van der Waals surface area contributed by atoms with Crippen LogP contribution >= 0.6 is 15.9 Å². The number of amides is 2. The highest BCUT2D eigenvalue weighted by Gasteiger charge is 2.59. The number of nitrogens with zero attached hydrogens (tertiary/aromatic N) is 1. The predicted molar refractivity (Wildman–Crippen MR) is 177 cm³/mol. The third-order valence-corrected chi connectivity index (χ3v) is 10.8. The highest BCUT2D eigenvalue weighted by atomic mass is 79.9. The van der Waals surface area contributed by atoms with Crippen LogP contribution in [0.2, 0.25) is 0 Å². The first-order chi connectivity index (χ1) is 17.8. The summed E-state index contributed by atoms with van der Waals surface area (Å²) in [6, 6.07) is 5.67. The van der Waals surface area contributed by atoms with Crippen molar-refractivity contribution < 1.29 is 24.2 Å². The summed E-state index contributed by atoms with van der Waals surface area (Å²) in [6.45, 7) is 11.7. The highest BCUT2D eigenvalue weighted by Crippen LogP contribution is 2.64. The van der Waals surface area contributed by atoms with E-state index >= 15 is 0 Å². The number of likely N-dealkylation sites (tertiary alicyclic amines) is 1. The van der Waals surface area contributed by atoms with Gasteiger partial charge in [0.1, 0.15) is 17.9 Å². The second-order valence-electron chi connectivity index (χ2n) is 13.0. The van der Waals surface area contributed by atoms with Gasteiger partial charge in [-0.05, 0) is 116 Å². The van der Waals surface area contributed by atoms with Crippen molar-refractivity contribution in [2.45, 2.75) is 128 Å². The summed E-state index contributed by atoms with van der Waals surface area (Å²) in [5, 5.41) is 9.25. The molecule has 5 fully saturated rings. The average Bonchev–Trinajstić information content (AvgIpc) is 3.02. The summed E-state index contributed by atoms with van der Waals surface area (Å²) < 4.78 is 6.74. The maximum atomic E-state index is 12.6. The molecule has 0 spiro atoms. The minimum Gasteiger partial charge on any atom is -0.507 e. The molecule has 2 amide bonds. The number of esters is 1. The topological polar surface area (TPSA) is 83.9 Å². The molecule has 1 aromatic rings. The van der Waals surface area contributed by atoms with Gasteiger partial charge in [-0.2, -0.15) is 0 Å². The molecule has 4 saturated carbocycles. The fourth-order valence-corrected chi connectivity index (χ4v) is 8.05. The molecule has 1 aliphatic heterocycles. The Morgan fingerprint density at radius 2 is 1.45 bits per heavy atom. The van der Waals surface area contributed by atoms with Gasteiger partial charge in [0.15, 0.2) is 0 Å². The van der Waals surface area contributed by atoms with E-state index in [4.69, 9.17) is 4.74 Å². The van der Waals surface area contributed by atoms with E-state index < -0.39 is 11.6 Å². The van der Waals surface area contributed by atoms with Crippen LogP contribution in [0.1, 0.15) is 128 Å². The molecule has 7 heteroatoms. The van der Waals surface area contributed by atoms with Gasteiger partial charge in [0.25, 0.3) is 0 Å². The van der Waals surface area contributed by atoms with Crippen LogP contribution in [0.25, 0.3) is 0 Å². The minimum absolute atomic E-state index is 0. The van der Waals surface area contributed by atoms with Crippen LogP contribution < -0.4 is 0 Å². The lowest BCUT2D eigenvalue weighted by molar-refractivity contribution is -0.199. The third kappa shape index (κ3) is 7.78. The lowest BCUT2D eigenvalue weighted by Crippen LogP contribution is -2.57. The number of benzene rings is 1. The molecule has 0 radical (unpaired) electrons. The summed E-state index contributed by atoms with van der Waals surface area (Å²) in [5.41, 5.74) is 0.780. The Morgan fingerprint density at radius 1 is 1.00 bits per heavy atom. The molecular weight excluding hydrogens is 594 g/mol. The average molecular weight is 655 g/mol. The molecule has 6 rings (SSSR count). The summed E-state index contributed by atoms with van der Waals surface area (Å²) >= 11 is 3.29. The molecule has 1 N–H and O–H groups in total. The van der Waals surface area contributed by atoms with E-state index in [9.17, 15) is 19.5 Å². The first kappa shape index (κ1) is 40.1. The maximum Gasteiger partial charge on any atom is 0.326 e. The molecule has 5 aliphatic rings. The minimum atomic E-state index is -0.552. The van der Waals surface area contributed by atoms with Gasteiger partial charge in [-0.15, -0.1) is 0 Å². The zero-order valence-corrected chi connectivity index (χ0v) is 25.3. The van der Waals surface area contributed by atoms with Crippen molar-refractivity contribution in [2.75, 3.05) is 6.54 Å². The molecular formula is C35H60BrNO5. The molecule has 1 saturated heterocycles. The van der Waals surface area contributed by atoms with E-state index in [2.05, 4.69) is 29.8 Å². The van der Waals surface area contributed by atoms with E-state index in [1.165, 1.54) is 24.8 Å². The maximum absolute atomic E-state index is 12.6. The molecule has 0 aromatic heterocycles. The van der Waals surface area contributed by atoms with Crippen LogP contribution in [0.3, 0.4) is 0 Å². The van der Waals surface area contributed by atoms with Gasteiger partial charge in [0.05, 0.1) is 4.47 Å². The summed E-state index contributed by atoms with van der Waals surface area (Å²) in [4.78, 5) is 38.2. The SMILES string of the molecule is C.C.C.C.CC1C(=O)N(CC(=O)OC(C)(C)C23CC4CC(CC(C4)C2)C3)C(=O)C1C.CCC(C)c1ccc(O)c(Br)c1. The number of carbonyl (C=O) groups is 3. The van der Waals surface area contributed by atoms with Crippen molar-refractivity contribution in [2.24, 2.45) is 35.0 Å². The van der Waals surface area contributed by atoms with Crippen LogP contribution in [-0.2, 0) is 19.1 Å². The molecule has 3 unspecified atom stereocenters. The fraction of sp³-hybridized carbons (Fsp3) is 0.743. The Kier molecular flexibility index (Phi) is 14.5. The van der Waals surface area contributed by atoms with Crippen molar-refractivity contribution in [3.63, 3.8) is 0 Å². The van der Waals surface area contributed by atoms with E-state index in [0.29, 0.717) is 11.7 Å². The number of hydrogen-bond acceptors (Lipinski definition) is 5.